The predicted molar refractivity (Wildman–Crippen MR) is 245 cm³/mol. The van der Waals surface area contributed by atoms with E-state index in [1.54, 1.807) is 79.8 Å². The number of benzene rings is 6. The third-order valence-corrected chi connectivity index (χ3v) is 11.6. The fraction of sp³-hybridized carbons (Fsp3) is 0.240. The standard InChI is InChI=1S/C25H22F3NO4.C24H21Cl2NO4.CH4/c1-15-7-4-5-10-19(15)33-23-22(16-11-12-20(31-2)21(13-16)32-3)29(24(23)30)18-9-6-8-17(14-18)25(26,27)28;1-14-4-8-17(13-19(14)26)27-22(15-5-11-20(29-2)21(12-15)30-3)23(24(27)28)31-18-9-6-16(25)7-10-18;/h4-14,22-23H,1-3H3;4-13,22-23H,1-3H3;1H4. The molecule has 0 aromatic heterocycles. The van der Waals surface area contributed by atoms with Gasteiger partial charge in [0, 0.05) is 21.4 Å². The molecule has 6 aromatic rings. The molecule has 0 radical (unpaired) electrons. The van der Waals surface area contributed by atoms with Gasteiger partial charge in [0.2, 0.25) is 12.2 Å². The molecule has 8 rings (SSSR count). The van der Waals surface area contributed by atoms with Crippen molar-refractivity contribution >= 4 is 46.4 Å². The third kappa shape index (κ3) is 9.91. The Morgan fingerprint density at radius 1 is 0.523 bits per heavy atom. The number of rotatable bonds is 12. The van der Waals surface area contributed by atoms with E-state index in [1.807, 2.05) is 56.3 Å². The number of para-hydroxylation sites is 1. The van der Waals surface area contributed by atoms with Gasteiger partial charge in [0.25, 0.3) is 11.8 Å². The molecule has 65 heavy (non-hydrogen) atoms. The molecule has 4 unspecified atom stereocenters. The zero-order valence-electron chi connectivity index (χ0n) is 35.5. The molecule has 0 spiro atoms. The summed E-state index contributed by atoms with van der Waals surface area (Å²) >= 11 is 12.3. The average molecular weight is 932 g/mol. The number of β-lactam (4-membered cyclic amide) rings is 2. The highest BCUT2D eigenvalue weighted by atomic mass is 35.5. The summed E-state index contributed by atoms with van der Waals surface area (Å²) in [5.41, 5.74) is 3.29. The molecule has 2 saturated heterocycles. The highest BCUT2D eigenvalue weighted by Crippen LogP contribution is 2.46. The van der Waals surface area contributed by atoms with Crippen LogP contribution in [0.15, 0.2) is 127 Å². The molecule has 0 N–H and O–H groups in total. The Kier molecular flexibility index (Phi) is 14.8. The number of alkyl halides is 3. The molecule has 6 aromatic carbocycles. The molecule has 2 heterocycles. The maximum absolute atomic E-state index is 13.3. The minimum atomic E-state index is -4.53. The minimum Gasteiger partial charge on any atom is -0.493 e. The van der Waals surface area contributed by atoms with Crippen molar-refractivity contribution < 1.29 is 51.2 Å². The van der Waals surface area contributed by atoms with Crippen molar-refractivity contribution in [3.8, 4) is 34.5 Å². The maximum Gasteiger partial charge on any atom is 0.416 e. The van der Waals surface area contributed by atoms with Gasteiger partial charge < -0.3 is 28.4 Å². The summed E-state index contributed by atoms with van der Waals surface area (Å²) in [5, 5.41) is 1.19. The van der Waals surface area contributed by atoms with E-state index in [1.165, 1.54) is 31.3 Å². The van der Waals surface area contributed by atoms with Crippen LogP contribution in [0.2, 0.25) is 10.0 Å². The molecule has 0 saturated carbocycles. The van der Waals surface area contributed by atoms with E-state index in [0.717, 1.165) is 28.8 Å². The van der Waals surface area contributed by atoms with Gasteiger partial charge in [-0.05, 0) is 121 Å². The van der Waals surface area contributed by atoms with Gasteiger partial charge in [-0.3, -0.25) is 19.4 Å². The largest absolute Gasteiger partial charge is 0.493 e. The van der Waals surface area contributed by atoms with Crippen LogP contribution < -0.4 is 38.2 Å². The van der Waals surface area contributed by atoms with Crippen LogP contribution in [0.1, 0.15) is 47.3 Å². The summed E-state index contributed by atoms with van der Waals surface area (Å²) < 4.78 is 73.5. The Hall–Kier alpha value is -6.57. The second-order valence-corrected chi connectivity index (χ2v) is 15.7. The van der Waals surface area contributed by atoms with Crippen LogP contribution in [-0.2, 0) is 15.8 Å². The third-order valence-electron chi connectivity index (χ3n) is 10.9. The van der Waals surface area contributed by atoms with E-state index in [9.17, 15) is 22.8 Å². The second kappa shape index (κ2) is 20.1. The van der Waals surface area contributed by atoms with Crippen LogP contribution >= 0.6 is 23.2 Å². The Labute approximate surface area is 385 Å². The first-order chi connectivity index (χ1) is 30.7. The van der Waals surface area contributed by atoms with Crippen molar-refractivity contribution in [3.63, 3.8) is 0 Å². The van der Waals surface area contributed by atoms with E-state index in [4.69, 9.17) is 51.6 Å². The number of methoxy groups -OCH3 is 4. The number of hydrogen-bond acceptors (Lipinski definition) is 8. The fourth-order valence-electron chi connectivity index (χ4n) is 7.50. The van der Waals surface area contributed by atoms with Gasteiger partial charge in [0.15, 0.2) is 23.0 Å². The predicted octanol–water partition coefficient (Wildman–Crippen LogP) is 12.1. The molecule has 340 valence electrons. The smallest absolute Gasteiger partial charge is 0.416 e. The first-order valence-corrected chi connectivity index (χ1v) is 20.6. The molecule has 2 aliphatic heterocycles. The Bertz CT molecular complexity index is 2660. The van der Waals surface area contributed by atoms with Crippen LogP contribution in [0.5, 0.6) is 34.5 Å². The number of halogens is 5. The van der Waals surface area contributed by atoms with Crippen molar-refractivity contribution in [1.29, 1.82) is 0 Å². The summed E-state index contributed by atoms with van der Waals surface area (Å²) in [5.74, 6) is 2.62. The van der Waals surface area contributed by atoms with Gasteiger partial charge in [-0.2, -0.15) is 13.2 Å². The van der Waals surface area contributed by atoms with E-state index in [2.05, 4.69) is 0 Å². The SMILES string of the molecule is C.COc1ccc(C2C(Oc3ccc(Cl)cc3)C(=O)N2c2ccc(C)c(Cl)c2)cc1OC.COc1ccc(C2C(Oc3ccccc3C)C(=O)N2c2cccc(C(F)(F)F)c2)cc1OC. The molecule has 0 aliphatic carbocycles. The molecule has 10 nitrogen and oxygen atoms in total. The van der Waals surface area contributed by atoms with Crippen LogP contribution in [0.4, 0.5) is 24.5 Å². The fourth-order valence-corrected chi connectivity index (χ4v) is 7.80. The summed E-state index contributed by atoms with van der Waals surface area (Å²) in [6, 6.07) is 34.1. The number of anilines is 2. The molecule has 0 bridgehead atoms. The van der Waals surface area contributed by atoms with Gasteiger partial charge >= 0.3 is 6.18 Å². The van der Waals surface area contributed by atoms with Crippen LogP contribution in [-0.4, -0.2) is 52.5 Å². The van der Waals surface area contributed by atoms with Crippen LogP contribution in [0.3, 0.4) is 0 Å². The maximum atomic E-state index is 13.3. The first-order valence-electron chi connectivity index (χ1n) is 19.8. The molecule has 2 amide bonds. The number of nitrogens with zero attached hydrogens (tertiary/aromatic N) is 2. The van der Waals surface area contributed by atoms with E-state index >= 15 is 0 Å². The quantitative estimate of drug-likeness (QED) is 0.112. The van der Waals surface area contributed by atoms with Gasteiger partial charge in [0.05, 0.1) is 34.0 Å². The van der Waals surface area contributed by atoms with Gasteiger partial charge in [-0.15, -0.1) is 0 Å². The van der Waals surface area contributed by atoms with Gasteiger partial charge in [0.1, 0.15) is 23.6 Å². The minimum absolute atomic E-state index is 0. The van der Waals surface area contributed by atoms with Gasteiger partial charge in [-0.1, -0.05) is 73.1 Å². The Balaban J connectivity index is 0.000000212. The number of ether oxygens (including phenoxy) is 6. The Morgan fingerprint density at radius 3 is 1.55 bits per heavy atom. The zero-order valence-corrected chi connectivity index (χ0v) is 37.0. The molecule has 2 aliphatic rings. The molecule has 2 fully saturated rings. The molecule has 4 atom stereocenters. The Morgan fingerprint density at radius 2 is 1.05 bits per heavy atom. The summed E-state index contributed by atoms with van der Waals surface area (Å²) in [6.07, 6.45) is -6.15. The molecular formula is C50H47Cl2F3N2O8. The number of hydrogen-bond donors (Lipinski definition) is 0. The molecular weight excluding hydrogens is 884 g/mol. The van der Waals surface area contributed by atoms with Crippen molar-refractivity contribution in [2.75, 3.05) is 38.2 Å². The number of amides is 2. The zero-order chi connectivity index (χ0) is 45.9. The van der Waals surface area contributed by atoms with Crippen LogP contribution in [0, 0.1) is 13.8 Å². The van der Waals surface area contributed by atoms with E-state index in [-0.39, 0.29) is 25.1 Å². The summed E-state index contributed by atoms with van der Waals surface area (Å²) in [6.45, 7) is 3.77. The van der Waals surface area contributed by atoms with Crippen molar-refractivity contribution in [1.82, 2.24) is 0 Å². The van der Waals surface area contributed by atoms with Crippen LogP contribution in [0.25, 0.3) is 0 Å². The lowest BCUT2D eigenvalue weighted by atomic mass is 9.89. The summed E-state index contributed by atoms with van der Waals surface area (Å²) in [4.78, 5) is 29.3. The lowest BCUT2D eigenvalue weighted by molar-refractivity contribution is -0.138. The highest BCUT2D eigenvalue weighted by molar-refractivity contribution is 6.31. The average Bonchev–Trinajstić information content (AvgIpc) is 3.29. The van der Waals surface area contributed by atoms with Crippen molar-refractivity contribution in [2.45, 2.75) is 51.7 Å². The molecule has 15 heteroatoms. The number of carbonyl (C=O) groups excluding carboxylic acids is 2. The van der Waals surface area contributed by atoms with Gasteiger partial charge in [-0.25, -0.2) is 0 Å². The van der Waals surface area contributed by atoms with Crippen molar-refractivity contribution in [3.05, 3.63) is 165 Å². The lowest BCUT2D eigenvalue weighted by Crippen LogP contribution is -2.61. The lowest BCUT2D eigenvalue weighted by Gasteiger charge is -2.47. The highest BCUT2D eigenvalue weighted by Gasteiger charge is 2.53. The number of aryl methyl sites for hydroxylation is 2. The topological polar surface area (TPSA) is 96.0 Å². The first kappa shape index (κ1) is 47.9. The van der Waals surface area contributed by atoms with Crippen molar-refractivity contribution in [2.24, 2.45) is 0 Å². The summed E-state index contributed by atoms with van der Waals surface area (Å²) in [7, 11) is 6.15. The second-order valence-electron chi connectivity index (χ2n) is 14.8. The van der Waals surface area contributed by atoms with E-state index in [0.29, 0.717) is 55.8 Å². The number of carbonyl (C=O) groups is 2. The normalized spacial score (nSPS) is 17.6. The van der Waals surface area contributed by atoms with E-state index < -0.39 is 35.9 Å². The monoisotopic (exact) mass is 930 g/mol.